The first-order valence-corrected chi connectivity index (χ1v) is 8.67. The number of para-hydroxylation sites is 1. The van der Waals surface area contributed by atoms with Gasteiger partial charge < -0.3 is 24.8 Å². The number of nitrogens with zero attached hydrogens (tertiary/aromatic N) is 1. The lowest BCUT2D eigenvalue weighted by molar-refractivity contribution is 0.321. The Morgan fingerprint density at radius 3 is 2.35 bits per heavy atom. The van der Waals surface area contributed by atoms with E-state index in [4.69, 9.17) is 14.2 Å². The van der Waals surface area contributed by atoms with Gasteiger partial charge in [0.1, 0.15) is 23.9 Å². The average molecular weight is 357 g/mol. The molecule has 0 unspecified atom stereocenters. The first-order chi connectivity index (χ1) is 12.8. The van der Waals surface area contributed by atoms with Crippen LogP contribution in [0.5, 0.6) is 17.2 Å². The van der Waals surface area contributed by atoms with Gasteiger partial charge in [-0.05, 0) is 37.3 Å². The van der Waals surface area contributed by atoms with Crippen LogP contribution in [0.15, 0.2) is 53.5 Å². The fourth-order valence-electron chi connectivity index (χ4n) is 2.35. The van der Waals surface area contributed by atoms with Crippen molar-refractivity contribution in [1.29, 1.82) is 0 Å². The first kappa shape index (κ1) is 19.4. The fourth-order valence-corrected chi connectivity index (χ4v) is 2.35. The third-order valence-corrected chi connectivity index (χ3v) is 3.67. The van der Waals surface area contributed by atoms with Gasteiger partial charge in [-0.25, -0.2) is 4.99 Å². The van der Waals surface area contributed by atoms with E-state index < -0.39 is 0 Å². The number of hydrogen-bond acceptors (Lipinski definition) is 4. The van der Waals surface area contributed by atoms with Gasteiger partial charge in [0, 0.05) is 12.1 Å². The van der Waals surface area contributed by atoms with Crippen molar-refractivity contribution in [2.24, 2.45) is 4.99 Å². The second kappa shape index (κ2) is 10.9. The normalized spacial score (nSPS) is 11.0. The summed E-state index contributed by atoms with van der Waals surface area (Å²) in [6.45, 7) is 4.54. The molecule has 0 atom stereocenters. The summed E-state index contributed by atoms with van der Waals surface area (Å²) in [6.07, 6.45) is 0. The monoisotopic (exact) mass is 357 g/mol. The summed E-state index contributed by atoms with van der Waals surface area (Å²) in [6, 6.07) is 15.4. The molecule has 2 aromatic carbocycles. The molecule has 6 nitrogen and oxygen atoms in total. The third-order valence-electron chi connectivity index (χ3n) is 3.67. The van der Waals surface area contributed by atoms with Gasteiger partial charge in [-0.1, -0.05) is 18.2 Å². The number of benzene rings is 2. The zero-order valence-corrected chi connectivity index (χ0v) is 15.6. The predicted molar refractivity (Wildman–Crippen MR) is 104 cm³/mol. The number of rotatable bonds is 9. The van der Waals surface area contributed by atoms with Crippen LogP contribution in [0.25, 0.3) is 0 Å². The highest BCUT2D eigenvalue weighted by Crippen LogP contribution is 2.18. The molecule has 0 saturated carbocycles. The highest BCUT2D eigenvalue weighted by Gasteiger charge is 2.02. The number of aliphatic imine (C=N–C) groups is 1. The molecule has 0 amide bonds. The van der Waals surface area contributed by atoms with E-state index in [9.17, 15) is 0 Å². The van der Waals surface area contributed by atoms with Gasteiger partial charge in [-0.3, -0.25) is 0 Å². The molecule has 0 radical (unpaired) electrons. The maximum Gasteiger partial charge on any atom is 0.191 e. The quantitative estimate of drug-likeness (QED) is 0.410. The van der Waals surface area contributed by atoms with E-state index in [1.807, 2.05) is 55.5 Å². The molecule has 2 aromatic rings. The lowest BCUT2D eigenvalue weighted by Gasteiger charge is -2.13. The summed E-state index contributed by atoms with van der Waals surface area (Å²) in [5, 5.41) is 6.50. The summed E-state index contributed by atoms with van der Waals surface area (Å²) >= 11 is 0. The molecule has 0 aliphatic heterocycles. The first-order valence-electron chi connectivity index (χ1n) is 8.67. The second-order valence-corrected chi connectivity index (χ2v) is 5.46. The van der Waals surface area contributed by atoms with E-state index in [0.29, 0.717) is 19.7 Å². The molecule has 0 aromatic heterocycles. The van der Waals surface area contributed by atoms with Crippen LogP contribution in [0.4, 0.5) is 0 Å². The number of methoxy groups -OCH3 is 2. The molecule has 0 bridgehead atoms. The van der Waals surface area contributed by atoms with Crippen molar-refractivity contribution in [3.8, 4) is 17.2 Å². The summed E-state index contributed by atoms with van der Waals surface area (Å²) in [4.78, 5) is 4.60. The van der Waals surface area contributed by atoms with Crippen molar-refractivity contribution in [2.45, 2.75) is 13.5 Å². The molecule has 0 saturated heterocycles. The van der Waals surface area contributed by atoms with Gasteiger partial charge in [-0.2, -0.15) is 0 Å². The van der Waals surface area contributed by atoms with Crippen LogP contribution in [0.2, 0.25) is 0 Å². The zero-order valence-electron chi connectivity index (χ0n) is 15.6. The minimum atomic E-state index is 0.533. The Balaban J connectivity index is 1.83. The molecule has 0 spiro atoms. The second-order valence-electron chi connectivity index (χ2n) is 5.46. The van der Waals surface area contributed by atoms with Crippen molar-refractivity contribution < 1.29 is 14.2 Å². The minimum Gasteiger partial charge on any atom is -0.497 e. The predicted octanol–water partition coefficient (Wildman–Crippen LogP) is 2.84. The largest absolute Gasteiger partial charge is 0.497 e. The molecule has 140 valence electrons. The molecule has 0 heterocycles. The number of nitrogens with one attached hydrogen (secondary N) is 2. The Morgan fingerprint density at radius 1 is 0.923 bits per heavy atom. The van der Waals surface area contributed by atoms with Crippen LogP contribution in [-0.4, -0.2) is 39.9 Å². The molecule has 0 aliphatic carbocycles. The Kier molecular flexibility index (Phi) is 8.12. The topological polar surface area (TPSA) is 64.1 Å². The summed E-state index contributed by atoms with van der Waals surface area (Å²) in [7, 11) is 3.31. The fraction of sp³-hybridized carbons (Fsp3) is 0.350. The van der Waals surface area contributed by atoms with Gasteiger partial charge in [0.25, 0.3) is 0 Å². The van der Waals surface area contributed by atoms with E-state index in [1.165, 1.54) is 0 Å². The standard InChI is InChI=1S/C20H27N3O3/c1-4-21-20(23-15-16-7-5-6-8-19(16)25-3)22-13-14-26-18-11-9-17(24-2)10-12-18/h5-12H,4,13-15H2,1-3H3,(H2,21,22,23). The van der Waals surface area contributed by atoms with E-state index in [1.54, 1.807) is 14.2 Å². The van der Waals surface area contributed by atoms with Crippen LogP contribution in [-0.2, 0) is 6.54 Å². The van der Waals surface area contributed by atoms with Gasteiger partial charge in [0.05, 0.1) is 27.3 Å². The third kappa shape index (κ3) is 6.20. The average Bonchev–Trinajstić information content (AvgIpc) is 2.69. The van der Waals surface area contributed by atoms with Crippen LogP contribution >= 0.6 is 0 Å². The maximum absolute atomic E-state index is 5.71. The smallest absolute Gasteiger partial charge is 0.191 e. The number of guanidine groups is 1. The summed E-state index contributed by atoms with van der Waals surface area (Å²) in [5.74, 6) is 3.21. The van der Waals surface area contributed by atoms with Crippen molar-refractivity contribution in [3.05, 3.63) is 54.1 Å². The van der Waals surface area contributed by atoms with Gasteiger partial charge >= 0.3 is 0 Å². The molecular weight excluding hydrogens is 330 g/mol. The highest BCUT2D eigenvalue weighted by atomic mass is 16.5. The van der Waals surface area contributed by atoms with Crippen molar-refractivity contribution in [2.75, 3.05) is 33.9 Å². The van der Waals surface area contributed by atoms with Crippen molar-refractivity contribution in [1.82, 2.24) is 10.6 Å². The highest BCUT2D eigenvalue weighted by molar-refractivity contribution is 5.79. The Bertz CT molecular complexity index is 687. The van der Waals surface area contributed by atoms with Crippen LogP contribution in [0.1, 0.15) is 12.5 Å². The summed E-state index contributed by atoms with van der Waals surface area (Å²) < 4.78 is 16.2. The van der Waals surface area contributed by atoms with E-state index >= 15 is 0 Å². The zero-order chi connectivity index (χ0) is 18.6. The lowest BCUT2D eigenvalue weighted by Crippen LogP contribution is -2.39. The Hall–Kier alpha value is -2.89. The molecule has 0 aliphatic rings. The molecular formula is C20H27N3O3. The molecule has 2 N–H and O–H groups in total. The summed E-state index contributed by atoms with van der Waals surface area (Å²) in [5.41, 5.74) is 1.04. The SMILES string of the molecule is CCNC(=NCc1ccccc1OC)NCCOc1ccc(OC)cc1. The Labute approximate surface area is 155 Å². The van der Waals surface area contributed by atoms with Crippen LogP contribution < -0.4 is 24.8 Å². The van der Waals surface area contributed by atoms with Gasteiger partial charge in [0.2, 0.25) is 0 Å². The molecule has 26 heavy (non-hydrogen) atoms. The van der Waals surface area contributed by atoms with Crippen LogP contribution in [0, 0.1) is 0 Å². The lowest BCUT2D eigenvalue weighted by atomic mass is 10.2. The van der Waals surface area contributed by atoms with Crippen molar-refractivity contribution in [3.63, 3.8) is 0 Å². The minimum absolute atomic E-state index is 0.533. The molecule has 2 rings (SSSR count). The van der Waals surface area contributed by atoms with E-state index in [0.717, 1.165) is 35.3 Å². The van der Waals surface area contributed by atoms with E-state index in [2.05, 4.69) is 15.6 Å². The number of ether oxygens (including phenoxy) is 3. The van der Waals surface area contributed by atoms with Gasteiger partial charge in [0.15, 0.2) is 5.96 Å². The maximum atomic E-state index is 5.71. The van der Waals surface area contributed by atoms with E-state index in [-0.39, 0.29) is 0 Å². The number of hydrogen-bond donors (Lipinski definition) is 2. The molecule has 0 fully saturated rings. The molecule has 6 heteroatoms. The van der Waals surface area contributed by atoms with Crippen LogP contribution in [0.3, 0.4) is 0 Å². The van der Waals surface area contributed by atoms with Gasteiger partial charge in [-0.15, -0.1) is 0 Å². The Morgan fingerprint density at radius 2 is 1.65 bits per heavy atom. The van der Waals surface area contributed by atoms with Crippen molar-refractivity contribution >= 4 is 5.96 Å².